The zero-order chi connectivity index (χ0) is 19.4. The molecule has 0 amide bonds. The Bertz CT molecular complexity index is 726. The highest BCUT2D eigenvalue weighted by atomic mass is 19.4. The lowest BCUT2D eigenvalue weighted by atomic mass is 10.0. The Morgan fingerprint density at radius 2 is 1.76 bits per heavy atom. The van der Waals surface area contributed by atoms with Crippen LogP contribution in [-0.4, -0.2) is 15.9 Å². The minimum Gasteiger partial charge on any atom is -0.371 e. The molecule has 0 aromatic heterocycles. The average Bonchev–Trinajstić information content (AvgIpc) is 2.50. The van der Waals surface area contributed by atoms with E-state index in [2.05, 4.69) is 5.32 Å². The Morgan fingerprint density at radius 1 is 1.20 bits per heavy atom. The first kappa shape index (κ1) is 19.9. The Labute approximate surface area is 139 Å². The van der Waals surface area contributed by atoms with Crippen molar-refractivity contribution in [3.8, 4) is 6.19 Å². The Morgan fingerprint density at radius 3 is 2.12 bits per heavy atom. The van der Waals surface area contributed by atoms with Crippen LogP contribution in [0.5, 0.6) is 0 Å². The number of nitriles is 1. The molecule has 0 bridgehead atoms. The maximum absolute atomic E-state index is 13.2. The minimum absolute atomic E-state index is 0.178. The summed E-state index contributed by atoms with van der Waals surface area (Å²) >= 11 is 0. The van der Waals surface area contributed by atoms with Crippen LogP contribution in [0.4, 0.5) is 35.9 Å². The predicted molar refractivity (Wildman–Crippen MR) is 82.0 cm³/mol. The molecule has 0 atom stereocenters. The lowest BCUT2D eigenvalue weighted by molar-refractivity contribution is -0.392. The smallest absolute Gasteiger partial charge is 0.371 e. The van der Waals surface area contributed by atoms with Crippen LogP contribution >= 0.6 is 0 Å². The van der Waals surface area contributed by atoms with Gasteiger partial charge >= 0.3 is 11.9 Å². The maximum atomic E-state index is 13.2. The fourth-order valence-corrected chi connectivity index (χ4v) is 2.23. The van der Waals surface area contributed by atoms with Crippen LogP contribution in [0.2, 0.25) is 0 Å². The third-order valence-electron chi connectivity index (χ3n) is 3.48. The molecule has 0 aliphatic carbocycles. The summed E-state index contributed by atoms with van der Waals surface area (Å²) in [4.78, 5) is 20.2. The van der Waals surface area contributed by atoms with E-state index < -0.39 is 50.4 Å². The van der Waals surface area contributed by atoms with Crippen molar-refractivity contribution in [2.24, 2.45) is 0 Å². The fraction of sp³-hybridized carbons (Fsp3) is 0.462. The largest absolute Gasteiger partial charge is 0.418 e. The molecule has 0 fully saturated rings. The monoisotopic (exact) mass is 361 g/mol. The molecule has 1 aromatic carbocycles. The van der Waals surface area contributed by atoms with Gasteiger partial charge in [0.1, 0.15) is 5.69 Å². The number of nitro benzene ring substituents is 2. The Hall–Kier alpha value is -3.10. The van der Waals surface area contributed by atoms with Crippen molar-refractivity contribution in [1.29, 1.82) is 5.26 Å². The average molecular weight is 361 g/mol. The number of nitro groups is 2. The molecule has 12 heteroatoms. The van der Waals surface area contributed by atoms with E-state index in [0.29, 0.717) is 12.8 Å². The zero-order valence-corrected chi connectivity index (χ0v) is 13.2. The molecule has 25 heavy (non-hydrogen) atoms. The van der Waals surface area contributed by atoms with E-state index >= 15 is 0 Å². The highest BCUT2D eigenvalue weighted by molar-refractivity contribution is 5.87. The van der Waals surface area contributed by atoms with Crippen LogP contribution in [0.1, 0.15) is 32.3 Å². The van der Waals surface area contributed by atoms with Gasteiger partial charge in [-0.15, -0.1) is 0 Å². The highest BCUT2D eigenvalue weighted by Crippen LogP contribution is 2.48. The summed E-state index contributed by atoms with van der Waals surface area (Å²) in [6.07, 6.45) is -3.09. The molecule has 0 unspecified atom stereocenters. The van der Waals surface area contributed by atoms with Crippen molar-refractivity contribution in [2.45, 2.75) is 38.9 Å². The van der Waals surface area contributed by atoms with Gasteiger partial charge in [0.25, 0.3) is 5.69 Å². The molecule has 1 rings (SSSR count). The number of nitrogens with zero attached hydrogens (tertiary/aromatic N) is 3. The first-order valence-electron chi connectivity index (χ1n) is 7.06. The number of alkyl halides is 3. The summed E-state index contributed by atoms with van der Waals surface area (Å²) in [6.45, 7) is 3.41. The normalized spacial score (nSPS) is 11.1. The van der Waals surface area contributed by atoms with E-state index in [-0.39, 0.29) is 6.07 Å². The van der Waals surface area contributed by atoms with Gasteiger partial charge in [0.15, 0.2) is 11.9 Å². The van der Waals surface area contributed by atoms with Crippen LogP contribution in [0, 0.1) is 31.7 Å². The van der Waals surface area contributed by atoms with E-state index in [1.165, 1.54) is 6.19 Å². The van der Waals surface area contributed by atoms with Gasteiger partial charge in [-0.05, 0) is 12.8 Å². The number of halogens is 3. The van der Waals surface area contributed by atoms with Crippen molar-refractivity contribution in [1.82, 2.24) is 0 Å². The fourth-order valence-electron chi connectivity index (χ4n) is 2.23. The summed E-state index contributed by atoms with van der Waals surface area (Å²) in [5.74, 6) is 0. The summed E-state index contributed by atoms with van der Waals surface area (Å²) in [5, 5.41) is 35.4. The van der Waals surface area contributed by atoms with Crippen molar-refractivity contribution in [3.63, 3.8) is 0 Å². The molecular formula is C13H14F3N5O4. The summed E-state index contributed by atoms with van der Waals surface area (Å²) in [5.41, 5.74) is -5.76. The van der Waals surface area contributed by atoms with Gasteiger partial charge in [0, 0.05) is 12.1 Å². The van der Waals surface area contributed by atoms with Crippen LogP contribution in [-0.2, 0) is 6.18 Å². The second-order valence-corrected chi connectivity index (χ2v) is 4.95. The molecule has 0 saturated heterocycles. The molecule has 0 aliphatic heterocycles. The number of benzene rings is 1. The third kappa shape index (κ3) is 4.25. The lowest BCUT2D eigenvalue weighted by Gasteiger charge is -2.19. The van der Waals surface area contributed by atoms with Crippen LogP contribution < -0.4 is 10.6 Å². The Kier molecular flexibility index (Phi) is 6.10. The van der Waals surface area contributed by atoms with Gasteiger partial charge in [0.05, 0.1) is 15.4 Å². The predicted octanol–water partition coefficient (Wildman–Crippen LogP) is 4.02. The molecule has 1 aromatic rings. The zero-order valence-electron chi connectivity index (χ0n) is 13.2. The number of hydrogen-bond donors (Lipinski definition) is 2. The van der Waals surface area contributed by atoms with E-state index in [1.807, 2.05) is 0 Å². The molecule has 0 saturated carbocycles. The minimum atomic E-state index is -5.14. The molecule has 0 heterocycles. The molecule has 0 spiro atoms. The van der Waals surface area contributed by atoms with Crippen LogP contribution in [0.3, 0.4) is 0 Å². The van der Waals surface area contributed by atoms with Crippen molar-refractivity contribution >= 4 is 22.7 Å². The second-order valence-electron chi connectivity index (χ2n) is 4.95. The van der Waals surface area contributed by atoms with Gasteiger partial charge in [-0.2, -0.15) is 18.4 Å². The summed E-state index contributed by atoms with van der Waals surface area (Å²) in [7, 11) is 0. The van der Waals surface area contributed by atoms with E-state index in [1.54, 1.807) is 19.2 Å². The van der Waals surface area contributed by atoms with E-state index in [0.717, 1.165) is 0 Å². The van der Waals surface area contributed by atoms with Gasteiger partial charge in [0.2, 0.25) is 0 Å². The number of rotatable bonds is 7. The topological polar surface area (TPSA) is 134 Å². The SMILES string of the molecule is CCC(CC)Nc1c([N+](=O)[O-])cc(C(F)(F)F)c(NC#N)c1[N+](=O)[O-]. The van der Waals surface area contributed by atoms with Gasteiger partial charge in [-0.25, -0.2) is 0 Å². The van der Waals surface area contributed by atoms with Gasteiger partial charge in [-0.3, -0.25) is 25.5 Å². The number of nitrogens with one attached hydrogen (secondary N) is 2. The van der Waals surface area contributed by atoms with E-state index in [4.69, 9.17) is 5.26 Å². The molecule has 9 nitrogen and oxygen atoms in total. The quantitative estimate of drug-likeness (QED) is 0.324. The number of anilines is 2. The Balaban J connectivity index is 3.90. The second kappa shape index (κ2) is 7.65. The standard InChI is InChI=1S/C13H14F3N5O4/c1-3-7(4-2)19-11-9(20(22)23)5-8(13(14,15)16)10(18-6-17)12(11)21(24)25/h5,7,18-19H,3-4H2,1-2H3. The van der Waals surface area contributed by atoms with Crippen molar-refractivity contribution < 1.29 is 23.0 Å². The highest BCUT2D eigenvalue weighted by Gasteiger charge is 2.43. The van der Waals surface area contributed by atoms with Crippen LogP contribution in [0.15, 0.2) is 6.07 Å². The first-order chi connectivity index (χ1) is 11.6. The summed E-state index contributed by atoms with van der Waals surface area (Å²) in [6, 6.07) is -0.263. The third-order valence-corrected chi connectivity index (χ3v) is 3.48. The molecule has 0 radical (unpaired) electrons. The molecule has 136 valence electrons. The maximum Gasteiger partial charge on any atom is 0.418 e. The van der Waals surface area contributed by atoms with E-state index in [9.17, 15) is 33.4 Å². The van der Waals surface area contributed by atoms with Gasteiger partial charge < -0.3 is 5.32 Å². The van der Waals surface area contributed by atoms with Crippen molar-refractivity contribution in [2.75, 3.05) is 10.6 Å². The van der Waals surface area contributed by atoms with Gasteiger partial charge in [-0.1, -0.05) is 13.8 Å². The van der Waals surface area contributed by atoms with Crippen LogP contribution in [0.25, 0.3) is 0 Å². The summed E-state index contributed by atoms with van der Waals surface area (Å²) < 4.78 is 39.5. The molecule has 0 aliphatic rings. The number of hydrogen-bond acceptors (Lipinski definition) is 7. The lowest BCUT2D eigenvalue weighted by Crippen LogP contribution is -2.20. The van der Waals surface area contributed by atoms with Crippen molar-refractivity contribution in [3.05, 3.63) is 31.9 Å². The first-order valence-corrected chi connectivity index (χ1v) is 7.06. The molecular weight excluding hydrogens is 347 g/mol. The molecule has 2 N–H and O–H groups in total.